The summed E-state index contributed by atoms with van der Waals surface area (Å²) in [4.78, 5) is 24.0. The summed E-state index contributed by atoms with van der Waals surface area (Å²) in [5.74, 6) is -0.441. The molecule has 1 amide bonds. The molecular formula is C17H16N6O3S. The molecule has 0 unspecified atom stereocenters. The maximum Gasteiger partial charge on any atom is 0.270 e. The average Bonchev–Trinajstić information content (AvgIpc) is 3.02. The number of benzene rings is 2. The molecule has 1 aromatic heterocycles. The summed E-state index contributed by atoms with van der Waals surface area (Å²) in [5.41, 5.74) is 2.64. The van der Waals surface area contributed by atoms with E-state index in [9.17, 15) is 14.9 Å². The Balaban J connectivity index is 1.97. The first-order valence-corrected chi connectivity index (χ1v) is 8.74. The molecule has 0 aliphatic rings. The average molecular weight is 384 g/mol. The number of carbonyl (C=O) groups is 1. The zero-order chi connectivity index (χ0) is 19.6. The van der Waals surface area contributed by atoms with E-state index in [0.29, 0.717) is 15.7 Å². The topological polar surface area (TPSA) is 116 Å². The highest BCUT2D eigenvalue weighted by Gasteiger charge is 2.20. The number of non-ortho nitro benzene ring substituents is 1. The van der Waals surface area contributed by atoms with Crippen LogP contribution in [0, 0.1) is 24.0 Å². The maximum atomic E-state index is 12.9. The molecule has 138 valence electrons. The zero-order valence-electron chi connectivity index (χ0n) is 14.8. The molecule has 0 radical (unpaired) electrons. The second-order valence-electron chi connectivity index (χ2n) is 5.90. The van der Waals surface area contributed by atoms with Gasteiger partial charge in [0.25, 0.3) is 11.6 Å². The van der Waals surface area contributed by atoms with E-state index in [4.69, 9.17) is 0 Å². The number of hydrogen-bond donors (Lipinski definition) is 1. The van der Waals surface area contributed by atoms with Crippen LogP contribution in [0.15, 0.2) is 46.5 Å². The van der Waals surface area contributed by atoms with Crippen molar-refractivity contribution in [2.45, 2.75) is 23.9 Å². The molecule has 3 aromatic rings. The summed E-state index contributed by atoms with van der Waals surface area (Å²) < 4.78 is 1.46. The minimum Gasteiger partial charge on any atom is -0.322 e. The van der Waals surface area contributed by atoms with E-state index < -0.39 is 10.8 Å². The molecule has 10 heteroatoms. The highest BCUT2D eigenvalue weighted by atomic mass is 32.2. The fourth-order valence-electron chi connectivity index (χ4n) is 2.45. The van der Waals surface area contributed by atoms with Crippen LogP contribution in [0.2, 0.25) is 0 Å². The number of amides is 1. The number of nitro groups is 1. The number of tetrazole rings is 1. The van der Waals surface area contributed by atoms with Crippen molar-refractivity contribution in [3.63, 3.8) is 0 Å². The summed E-state index contributed by atoms with van der Waals surface area (Å²) in [5, 5.41) is 25.6. The number of anilines is 1. The second kappa shape index (κ2) is 7.54. The smallest absolute Gasteiger partial charge is 0.270 e. The van der Waals surface area contributed by atoms with Gasteiger partial charge in [-0.25, -0.2) is 4.68 Å². The van der Waals surface area contributed by atoms with E-state index >= 15 is 0 Å². The Morgan fingerprint density at radius 3 is 2.63 bits per heavy atom. The summed E-state index contributed by atoms with van der Waals surface area (Å²) in [6.45, 7) is 3.85. The largest absolute Gasteiger partial charge is 0.322 e. The van der Waals surface area contributed by atoms with Crippen molar-refractivity contribution < 1.29 is 9.72 Å². The fraction of sp³-hybridized carbons (Fsp3) is 0.176. The van der Waals surface area contributed by atoms with E-state index in [1.807, 2.05) is 26.0 Å². The quantitative estimate of drug-likeness (QED) is 0.530. The summed E-state index contributed by atoms with van der Waals surface area (Å²) >= 11 is 1.16. The number of hydrogen-bond acceptors (Lipinski definition) is 7. The Bertz CT molecular complexity index is 1030. The molecule has 27 heavy (non-hydrogen) atoms. The molecule has 0 saturated carbocycles. The molecule has 0 fully saturated rings. The van der Waals surface area contributed by atoms with Crippen LogP contribution in [0.25, 0.3) is 0 Å². The van der Waals surface area contributed by atoms with Crippen LogP contribution in [0.3, 0.4) is 0 Å². The summed E-state index contributed by atoms with van der Waals surface area (Å²) in [6, 6.07) is 9.76. The lowest BCUT2D eigenvalue weighted by molar-refractivity contribution is -0.384. The molecule has 1 heterocycles. The molecule has 0 aliphatic carbocycles. The first-order valence-electron chi connectivity index (χ1n) is 7.92. The molecule has 9 nitrogen and oxygen atoms in total. The maximum absolute atomic E-state index is 12.9. The molecule has 1 N–H and O–H groups in total. The Morgan fingerprint density at radius 2 is 2.00 bits per heavy atom. The predicted molar refractivity (Wildman–Crippen MR) is 99.9 cm³/mol. The van der Waals surface area contributed by atoms with E-state index in [2.05, 4.69) is 20.8 Å². The van der Waals surface area contributed by atoms with Crippen LogP contribution in [-0.4, -0.2) is 31.0 Å². The lowest BCUT2D eigenvalue weighted by Gasteiger charge is -2.11. The Kier molecular flexibility index (Phi) is 5.17. The monoisotopic (exact) mass is 384 g/mol. The van der Waals surface area contributed by atoms with Gasteiger partial charge in [0.15, 0.2) is 0 Å². The van der Waals surface area contributed by atoms with E-state index in [-0.39, 0.29) is 11.3 Å². The number of nitro benzene ring substituents is 1. The molecule has 3 rings (SSSR count). The normalized spacial score (nSPS) is 10.6. The SMILES string of the molecule is Cc1ccc(NC(=O)c2cc([N+](=O)[O-])ccc2Sc2nnnn2C)c(C)c1. The predicted octanol–water partition coefficient (Wildman–Crippen LogP) is 3.14. The van der Waals surface area contributed by atoms with Crippen molar-refractivity contribution in [1.29, 1.82) is 0 Å². The van der Waals surface area contributed by atoms with Crippen molar-refractivity contribution in [3.05, 3.63) is 63.2 Å². The third-order valence-corrected chi connectivity index (χ3v) is 4.94. The van der Waals surface area contributed by atoms with Gasteiger partial charge in [0.05, 0.1) is 10.5 Å². The number of nitrogens with zero attached hydrogens (tertiary/aromatic N) is 5. The van der Waals surface area contributed by atoms with E-state index in [0.717, 1.165) is 22.9 Å². The second-order valence-corrected chi connectivity index (χ2v) is 6.91. The van der Waals surface area contributed by atoms with Crippen LogP contribution >= 0.6 is 11.8 Å². The van der Waals surface area contributed by atoms with Gasteiger partial charge >= 0.3 is 0 Å². The highest BCUT2D eigenvalue weighted by Crippen LogP contribution is 2.31. The first-order chi connectivity index (χ1) is 12.8. The zero-order valence-corrected chi connectivity index (χ0v) is 15.6. The lowest BCUT2D eigenvalue weighted by Crippen LogP contribution is -2.14. The molecule has 0 atom stereocenters. The van der Waals surface area contributed by atoms with Crippen molar-refractivity contribution >= 4 is 29.0 Å². The first kappa shape index (κ1) is 18.5. The van der Waals surface area contributed by atoms with Gasteiger partial charge in [-0.3, -0.25) is 14.9 Å². The Labute approximate surface area is 158 Å². The van der Waals surface area contributed by atoms with Crippen molar-refractivity contribution in [2.24, 2.45) is 7.05 Å². The van der Waals surface area contributed by atoms with Gasteiger partial charge in [0.1, 0.15) is 0 Å². The van der Waals surface area contributed by atoms with Crippen molar-refractivity contribution in [3.8, 4) is 0 Å². The molecule has 2 aromatic carbocycles. The minimum absolute atomic E-state index is 0.166. The van der Waals surface area contributed by atoms with Gasteiger partial charge in [0.2, 0.25) is 5.16 Å². The van der Waals surface area contributed by atoms with E-state index in [1.165, 1.54) is 22.9 Å². The Morgan fingerprint density at radius 1 is 1.22 bits per heavy atom. The van der Waals surface area contributed by atoms with Gasteiger partial charge < -0.3 is 5.32 Å². The molecule has 0 aliphatic heterocycles. The summed E-state index contributed by atoms with van der Waals surface area (Å²) in [7, 11) is 1.67. The van der Waals surface area contributed by atoms with Crippen LogP contribution in [0.5, 0.6) is 0 Å². The Hall–Kier alpha value is -3.27. The molecule has 0 saturated heterocycles. The van der Waals surface area contributed by atoms with Gasteiger partial charge in [0, 0.05) is 29.8 Å². The van der Waals surface area contributed by atoms with Crippen LogP contribution < -0.4 is 5.32 Å². The van der Waals surface area contributed by atoms with Gasteiger partial charge in [-0.05, 0) is 53.7 Å². The number of carbonyl (C=O) groups excluding carboxylic acids is 1. The van der Waals surface area contributed by atoms with Crippen LogP contribution in [0.1, 0.15) is 21.5 Å². The van der Waals surface area contributed by atoms with Gasteiger partial charge in [-0.2, -0.15) is 0 Å². The van der Waals surface area contributed by atoms with Crippen molar-refractivity contribution in [2.75, 3.05) is 5.32 Å². The fourth-order valence-corrected chi connectivity index (χ4v) is 3.29. The van der Waals surface area contributed by atoms with E-state index in [1.54, 1.807) is 13.1 Å². The molecule has 0 spiro atoms. The lowest BCUT2D eigenvalue weighted by atomic mass is 10.1. The van der Waals surface area contributed by atoms with Gasteiger partial charge in [-0.15, -0.1) is 5.10 Å². The molecular weight excluding hydrogens is 368 g/mol. The number of aromatic nitrogens is 4. The number of aryl methyl sites for hydroxylation is 3. The number of nitrogens with one attached hydrogen (secondary N) is 1. The number of rotatable bonds is 5. The third-order valence-electron chi connectivity index (χ3n) is 3.83. The van der Waals surface area contributed by atoms with Crippen LogP contribution in [0.4, 0.5) is 11.4 Å². The molecule has 0 bridgehead atoms. The summed E-state index contributed by atoms with van der Waals surface area (Å²) in [6.07, 6.45) is 0. The van der Waals surface area contributed by atoms with Crippen molar-refractivity contribution in [1.82, 2.24) is 20.2 Å². The highest BCUT2D eigenvalue weighted by molar-refractivity contribution is 7.99. The van der Waals surface area contributed by atoms with Gasteiger partial charge in [-0.1, -0.05) is 17.7 Å². The standard InChI is InChI=1S/C17H16N6O3S/c1-10-4-6-14(11(2)8-10)18-16(24)13-9-12(23(25)26)5-7-15(13)27-17-19-20-21-22(17)3/h4-9H,1-3H3,(H,18,24). The van der Waals surface area contributed by atoms with Crippen LogP contribution in [-0.2, 0) is 7.05 Å². The minimum atomic E-state index is -0.535. The third kappa shape index (κ3) is 4.11.